The lowest BCUT2D eigenvalue weighted by Crippen LogP contribution is -2.50. The Kier molecular flexibility index (Phi) is 3.03. The average molecular weight is 198 g/mol. The monoisotopic (exact) mass is 198 g/mol. The van der Waals surface area contributed by atoms with Crippen molar-refractivity contribution < 1.29 is 9.90 Å². The molecule has 1 amide bonds. The first-order chi connectivity index (χ1) is 6.77. The van der Waals surface area contributed by atoms with Crippen molar-refractivity contribution in [2.75, 3.05) is 19.6 Å². The van der Waals surface area contributed by atoms with Crippen LogP contribution in [0, 0.1) is 0 Å². The fourth-order valence-electron chi connectivity index (χ4n) is 2.34. The molecule has 0 saturated carbocycles. The number of nitrogens with one attached hydrogen (secondary N) is 1. The molecule has 0 spiro atoms. The van der Waals surface area contributed by atoms with E-state index in [1.807, 2.05) is 4.90 Å². The predicted octanol–water partition coefficient (Wildman–Crippen LogP) is -0.278. The minimum absolute atomic E-state index is 0.135. The molecule has 0 radical (unpaired) electrons. The Morgan fingerprint density at radius 2 is 2.00 bits per heavy atom. The number of piperidine rings is 2. The van der Waals surface area contributed by atoms with Gasteiger partial charge in [0.25, 0.3) is 0 Å². The van der Waals surface area contributed by atoms with Gasteiger partial charge in [0.05, 0.1) is 12.5 Å². The Morgan fingerprint density at radius 3 is 2.64 bits per heavy atom. The molecule has 0 aromatic carbocycles. The van der Waals surface area contributed by atoms with Crippen molar-refractivity contribution in [1.82, 2.24) is 10.2 Å². The van der Waals surface area contributed by atoms with Crippen LogP contribution in [0.2, 0.25) is 0 Å². The molecule has 4 heteroatoms. The van der Waals surface area contributed by atoms with Gasteiger partial charge >= 0.3 is 0 Å². The highest BCUT2D eigenvalue weighted by Crippen LogP contribution is 2.19. The SMILES string of the molecule is O=C1CC(O)CCN1C1CCNCC1. The molecule has 14 heavy (non-hydrogen) atoms. The lowest BCUT2D eigenvalue weighted by molar-refractivity contribution is -0.140. The zero-order valence-electron chi connectivity index (χ0n) is 8.41. The molecule has 2 aliphatic rings. The first-order valence-electron chi connectivity index (χ1n) is 5.45. The molecule has 2 fully saturated rings. The van der Waals surface area contributed by atoms with Crippen LogP contribution in [0.3, 0.4) is 0 Å². The highest BCUT2D eigenvalue weighted by molar-refractivity contribution is 5.77. The molecule has 1 unspecified atom stereocenters. The largest absolute Gasteiger partial charge is 0.393 e. The number of carbonyl (C=O) groups excluding carboxylic acids is 1. The van der Waals surface area contributed by atoms with Gasteiger partial charge in [-0.15, -0.1) is 0 Å². The lowest BCUT2D eigenvalue weighted by Gasteiger charge is -2.38. The number of rotatable bonds is 1. The number of carbonyl (C=O) groups is 1. The number of nitrogens with zero attached hydrogens (tertiary/aromatic N) is 1. The van der Waals surface area contributed by atoms with Gasteiger partial charge in [-0.05, 0) is 32.4 Å². The molecule has 2 aliphatic heterocycles. The predicted molar refractivity (Wildman–Crippen MR) is 52.8 cm³/mol. The molecule has 2 heterocycles. The summed E-state index contributed by atoms with van der Waals surface area (Å²) in [6, 6.07) is 0.413. The van der Waals surface area contributed by atoms with E-state index in [1.165, 1.54) is 0 Å². The smallest absolute Gasteiger partial charge is 0.225 e. The third-order valence-electron chi connectivity index (χ3n) is 3.18. The number of aliphatic hydroxyl groups is 1. The molecule has 1 atom stereocenters. The summed E-state index contributed by atoms with van der Waals surface area (Å²) in [4.78, 5) is 13.6. The van der Waals surface area contributed by atoms with Crippen molar-refractivity contribution >= 4 is 5.91 Å². The van der Waals surface area contributed by atoms with Crippen LogP contribution >= 0.6 is 0 Å². The molecule has 0 aliphatic carbocycles. The quantitative estimate of drug-likeness (QED) is 0.609. The van der Waals surface area contributed by atoms with Crippen molar-refractivity contribution in [3.63, 3.8) is 0 Å². The van der Waals surface area contributed by atoms with Gasteiger partial charge in [-0.1, -0.05) is 0 Å². The summed E-state index contributed by atoms with van der Waals surface area (Å²) in [7, 11) is 0. The summed E-state index contributed by atoms with van der Waals surface area (Å²) in [6.45, 7) is 2.76. The molecular formula is C10H18N2O2. The van der Waals surface area contributed by atoms with E-state index in [-0.39, 0.29) is 5.91 Å². The molecule has 0 aromatic rings. The molecule has 0 aromatic heterocycles. The first-order valence-corrected chi connectivity index (χ1v) is 5.45. The van der Waals surface area contributed by atoms with Crippen molar-refractivity contribution in [1.29, 1.82) is 0 Å². The van der Waals surface area contributed by atoms with Gasteiger partial charge in [-0.25, -0.2) is 0 Å². The zero-order valence-corrected chi connectivity index (χ0v) is 8.41. The average Bonchev–Trinajstić information content (AvgIpc) is 2.19. The molecular weight excluding hydrogens is 180 g/mol. The Balaban J connectivity index is 1.92. The third kappa shape index (κ3) is 2.07. The van der Waals surface area contributed by atoms with Gasteiger partial charge < -0.3 is 15.3 Å². The van der Waals surface area contributed by atoms with E-state index < -0.39 is 6.10 Å². The fraction of sp³-hybridized carbons (Fsp3) is 0.900. The van der Waals surface area contributed by atoms with Crippen LogP contribution < -0.4 is 5.32 Å². The summed E-state index contributed by atoms with van der Waals surface area (Å²) in [5.41, 5.74) is 0. The number of amides is 1. The standard InChI is InChI=1S/C10H18N2O2/c13-9-3-6-12(10(14)7-9)8-1-4-11-5-2-8/h8-9,11,13H,1-7H2. The summed E-state index contributed by atoms with van der Waals surface area (Å²) < 4.78 is 0. The number of likely N-dealkylation sites (tertiary alicyclic amines) is 1. The Labute approximate surface area is 84.3 Å². The van der Waals surface area contributed by atoms with Gasteiger partial charge in [0, 0.05) is 12.6 Å². The zero-order chi connectivity index (χ0) is 9.97. The van der Waals surface area contributed by atoms with E-state index in [1.54, 1.807) is 0 Å². The van der Waals surface area contributed by atoms with Gasteiger partial charge in [0.1, 0.15) is 0 Å². The van der Waals surface area contributed by atoms with E-state index in [0.29, 0.717) is 12.5 Å². The molecule has 2 N–H and O–H groups in total. The van der Waals surface area contributed by atoms with Crippen molar-refractivity contribution in [2.45, 2.75) is 37.8 Å². The Bertz CT molecular complexity index is 214. The van der Waals surface area contributed by atoms with Gasteiger partial charge in [0.2, 0.25) is 5.91 Å². The maximum absolute atomic E-state index is 11.6. The maximum atomic E-state index is 11.6. The third-order valence-corrected chi connectivity index (χ3v) is 3.18. The highest BCUT2D eigenvalue weighted by Gasteiger charge is 2.30. The number of aliphatic hydroxyl groups excluding tert-OH is 1. The van der Waals surface area contributed by atoms with E-state index >= 15 is 0 Å². The number of hydrogen-bond acceptors (Lipinski definition) is 3. The number of hydrogen-bond donors (Lipinski definition) is 2. The van der Waals surface area contributed by atoms with Gasteiger partial charge in [-0.3, -0.25) is 4.79 Å². The Hall–Kier alpha value is -0.610. The minimum Gasteiger partial charge on any atom is -0.393 e. The van der Waals surface area contributed by atoms with Crippen molar-refractivity contribution in [3.05, 3.63) is 0 Å². The second kappa shape index (κ2) is 4.28. The second-order valence-corrected chi connectivity index (χ2v) is 4.21. The molecule has 4 nitrogen and oxygen atoms in total. The van der Waals surface area contributed by atoms with Crippen LogP contribution in [0.5, 0.6) is 0 Å². The van der Waals surface area contributed by atoms with Gasteiger partial charge in [0.15, 0.2) is 0 Å². The summed E-state index contributed by atoms with van der Waals surface area (Å²) >= 11 is 0. The van der Waals surface area contributed by atoms with Crippen molar-refractivity contribution in [3.8, 4) is 0 Å². The van der Waals surface area contributed by atoms with Crippen LogP contribution in [-0.2, 0) is 4.79 Å². The first kappa shape index (κ1) is 9.93. The van der Waals surface area contributed by atoms with Crippen LogP contribution in [0.25, 0.3) is 0 Å². The fourth-order valence-corrected chi connectivity index (χ4v) is 2.34. The summed E-state index contributed by atoms with van der Waals surface area (Å²) in [5, 5.41) is 12.6. The minimum atomic E-state index is -0.402. The van der Waals surface area contributed by atoms with Crippen LogP contribution in [0.4, 0.5) is 0 Å². The van der Waals surface area contributed by atoms with E-state index in [0.717, 1.165) is 38.9 Å². The van der Waals surface area contributed by atoms with E-state index in [9.17, 15) is 9.90 Å². The Morgan fingerprint density at radius 1 is 1.29 bits per heavy atom. The summed E-state index contributed by atoms with van der Waals surface area (Å²) in [5.74, 6) is 0.135. The van der Waals surface area contributed by atoms with Crippen molar-refractivity contribution in [2.24, 2.45) is 0 Å². The van der Waals surface area contributed by atoms with Crippen LogP contribution in [0.15, 0.2) is 0 Å². The van der Waals surface area contributed by atoms with E-state index in [2.05, 4.69) is 5.32 Å². The van der Waals surface area contributed by atoms with Crippen LogP contribution in [0.1, 0.15) is 25.7 Å². The highest BCUT2D eigenvalue weighted by atomic mass is 16.3. The normalized spacial score (nSPS) is 30.8. The topological polar surface area (TPSA) is 52.6 Å². The molecule has 2 rings (SSSR count). The van der Waals surface area contributed by atoms with Crippen LogP contribution in [-0.4, -0.2) is 47.7 Å². The van der Waals surface area contributed by atoms with E-state index in [4.69, 9.17) is 0 Å². The molecule has 2 saturated heterocycles. The lowest BCUT2D eigenvalue weighted by atomic mass is 9.99. The maximum Gasteiger partial charge on any atom is 0.225 e. The summed E-state index contributed by atoms with van der Waals surface area (Å²) in [6.07, 6.45) is 2.78. The molecule has 0 bridgehead atoms. The molecule has 80 valence electrons. The second-order valence-electron chi connectivity index (χ2n) is 4.21. The van der Waals surface area contributed by atoms with Gasteiger partial charge in [-0.2, -0.15) is 0 Å².